The van der Waals surface area contributed by atoms with Crippen molar-refractivity contribution in [1.29, 1.82) is 0 Å². The first kappa shape index (κ1) is 16.4. The van der Waals surface area contributed by atoms with E-state index in [2.05, 4.69) is 33.5 Å². The molecule has 0 aliphatic rings. The molecule has 4 nitrogen and oxygen atoms in total. The van der Waals surface area contributed by atoms with Crippen LogP contribution in [0, 0.1) is 0 Å². The number of para-hydroxylation sites is 1. The average Bonchev–Trinajstić information content (AvgIpc) is 2.54. The highest BCUT2D eigenvalue weighted by Crippen LogP contribution is 2.21. The minimum atomic E-state index is -0.0989. The number of halogens is 1. The number of carbonyl (C=O) groups is 1. The molecule has 2 aromatic rings. The molecular weight excluding hydrogens is 344 g/mol. The Hall–Kier alpha value is -2.01. The summed E-state index contributed by atoms with van der Waals surface area (Å²) in [7, 11) is 0. The lowest BCUT2D eigenvalue weighted by molar-refractivity contribution is -0.114. The van der Waals surface area contributed by atoms with E-state index in [1.54, 1.807) is 0 Å². The molecule has 0 aliphatic heterocycles. The number of rotatable bonds is 7. The van der Waals surface area contributed by atoms with Crippen molar-refractivity contribution in [2.24, 2.45) is 0 Å². The quantitative estimate of drug-likeness (QED) is 0.772. The molecule has 0 unspecified atom stereocenters. The standard InChI is InChI=1S/C17H19BrN2O2/c1-2-11-22-14-9-7-13(8-10-14)19-12-17(21)20-16-6-4-3-5-15(16)18/h3-10,19H,2,11-12H2,1H3,(H,20,21). The summed E-state index contributed by atoms with van der Waals surface area (Å²) in [5.74, 6) is 0.739. The second kappa shape index (κ2) is 8.44. The lowest BCUT2D eigenvalue weighted by atomic mass is 10.3. The molecule has 0 fully saturated rings. The van der Waals surface area contributed by atoms with Crippen LogP contribution in [0.5, 0.6) is 5.75 Å². The van der Waals surface area contributed by atoms with E-state index in [0.29, 0.717) is 6.61 Å². The van der Waals surface area contributed by atoms with E-state index in [1.165, 1.54) is 0 Å². The molecule has 0 heterocycles. The molecule has 0 atom stereocenters. The summed E-state index contributed by atoms with van der Waals surface area (Å²) in [6, 6.07) is 15.1. The van der Waals surface area contributed by atoms with Crippen LogP contribution in [0.25, 0.3) is 0 Å². The van der Waals surface area contributed by atoms with Gasteiger partial charge < -0.3 is 15.4 Å². The van der Waals surface area contributed by atoms with Gasteiger partial charge in [-0.1, -0.05) is 19.1 Å². The van der Waals surface area contributed by atoms with Crippen molar-refractivity contribution < 1.29 is 9.53 Å². The highest BCUT2D eigenvalue weighted by molar-refractivity contribution is 9.10. The number of ether oxygens (including phenoxy) is 1. The van der Waals surface area contributed by atoms with Gasteiger partial charge >= 0.3 is 0 Å². The predicted molar refractivity (Wildman–Crippen MR) is 93.5 cm³/mol. The first-order valence-corrected chi connectivity index (χ1v) is 7.99. The van der Waals surface area contributed by atoms with Gasteiger partial charge in [0.2, 0.25) is 5.91 Å². The molecule has 5 heteroatoms. The fraction of sp³-hybridized carbons (Fsp3) is 0.235. The van der Waals surface area contributed by atoms with Gasteiger partial charge in [0.1, 0.15) is 5.75 Å². The molecule has 0 saturated heterocycles. The van der Waals surface area contributed by atoms with Crippen molar-refractivity contribution in [1.82, 2.24) is 0 Å². The summed E-state index contributed by atoms with van der Waals surface area (Å²) < 4.78 is 6.38. The predicted octanol–water partition coefficient (Wildman–Crippen LogP) is 4.29. The van der Waals surface area contributed by atoms with Crippen molar-refractivity contribution in [3.8, 4) is 5.75 Å². The number of amides is 1. The van der Waals surface area contributed by atoms with Crippen LogP contribution < -0.4 is 15.4 Å². The van der Waals surface area contributed by atoms with Crippen LogP contribution in [-0.4, -0.2) is 19.1 Å². The SMILES string of the molecule is CCCOc1ccc(NCC(=O)Nc2ccccc2Br)cc1. The minimum absolute atomic E-state index is 0.0989. The van der Waals surface area contributed by atoms with Crippen LogP contribution in [-0.2, 0) is 4.79 Å². The van der Waals surface area contributed by atoms with Gasteiger partial charge in [0, 0.05) is 10.2 Å². The molecular formula is C17H19BrN2O2. The Morgan fingerprint density at radius 3 is 2.55 bits per heavy atom. The van der Waals surface area contributed by atoms with Crippen LogP contribution in [0.1, 0.15) is 13.3 Å². The second-order valence-corrected chi connectivity index (χ2v) is 5.61. The number of nitrogens with one attached hydrogen (secondary N) is 2. The maximum absolute atomic E-state index is 11.9. The monoisotopic (exact) mass is 362 g/mol. The maximum atomic E-state index is 11.9. The maximum Gasteiger partial charge on any atom is 0.243 e. The van der Waals surface area contributed by atoms with Gasteiger partial charge in [-0.15, -0.1) is 0 Å². The fourth-order valence-electron chi connectivity index (χ4n) is 1.83. The number of benzene rings is 2. The summed E-state index contributed by atoms with van der Waals surface area (Å²) in [4.78, 5) is 11.9. The smallest absolute Gasteiger partial charge is 0.243 e. The van der Waals surface area contributed by atoms with Gasteiger partial charge in [-0.05, 0) is 58.7 Å². The van der Waals surface area contributed by atoms with E-state index in [0.717, 1.165) is 28.0 Å². The van der Waals surface area contributed by atoms with E-state index in [4.69, 9.17) is 4.74 Å². The van der Waals surface area contributed by atoms with E-state index in [1.807, 2.05) is 48.5 Å². The molecule has 0 aliphatic carbocycles. The Morgan fingerprint density at radius 1 is 1.14 bits per heavy atom. The molecule has 0 aromatic heterocycles. The van der Waals surface area contributed by atoms with Crippen molar-refractivity contribution >= 4 is 33.2 Å². The molecule has 0 bridgehead atoms. The molecule has 22 heavy (non-hydrogen) atoms. The number of hydrogen-bond donors (Lipinski definition) is 2. The number of anilines is 2. The van der Waals surface area contributed by atoms with Gasteiger partial charge in [-0.25, -0.2) is 0 Å². The summed E-state index contributed by atoms with van der Waals surface area (Å²) in [5.41, 5.74) is 1.64. The van der Waals surface area contributed by atoms with Gasteiger partial charge in [-0.2, -0.15) is 0 Å². The number of carbonyl (C=O) groups excluding carboxylic acids is 1. The summed E-state index contributed by atoms with van der Waals surface area (Å²) in [6.07, 6.45) is 0.981. The van der Waals surface area contributed by atoms with Gasteiger partial charge in [0.05, 0.1) is 18.8 Å². The Bertz CT molecular complexity index is 614. The largest absolute Gasteiger partial charge is 0.494 e. The Kier molecular flexibility index (Phi) is 6.27. The lowest BCUT2D eigenvalue weighted by Crippen LogP contribution is -2.21. The molecule has 0 saturated carbocycles. The van der Waals surface area contributed by atoms with E-state index in [9.17, 15) is 4.79 Å². The second-order valence-electron chi connectivity index (χ2n) is 4.75. The summed E-state index contributed by atoms with van der Waals surface area (Å²) in [6.45, 7) is 2.98. The topological polar surface area (TPSA) is 50.4 Å². The highest BCUT2D eigenvalue weighted by atomic mass is 79.9. The zero-order valence-electron chi connectivity index (χ0n) is 12.4. The zero-order chi connectivity index (χ0) is 15.8. The molecule has 2 N–H and O–H groups in total. The van der Waals surface area contributed by atoms with Crippen molar-refractivity contribution in [2.75, 3.05) is 23.8 Å². The van der Waals surface area contributed by atoms with Crippen LogP contribution in [0.3, 0.4) is 0 Å². The first-order chi connectivity index (χ1) is 10.7. The van der Waals surface area contributed by atoms with Crippen LogP contribution in [0.15, 0.2) is 53.0 Å². The first-order valence-electron chi connectivity index (χ1n) is 7.20. The zero-order valence-corrected chi connectivity index (χ0v) is 14.0. The van der Waals surface area contributed by atoms with Crippen LogP contribution in [0.2, 0.25) is 0 Å². The normalized spacial score (nSPS) is 10.1. The lowest BCUT2D eigenvalue weighted by Gasteiger charge is -2.10. The Balaban J connectivity index is 1.82. The summed E-state index contributed by atoms with van der Waals surface area (Å²) >= 11 is 3.40. The molecule has 116 valence electrons. The third kappa shape index (κ3) is 5.07. The van der Waals surface area contributed by atoms with Crippen molar-refractivity contribution in [3.63, 3.8) is 0 Å². The van der Waals surface area contributed by atoms with Crippen molar-refractivity contribution in [3.05, 3.63) is 53.0 Å². The minimum Gasteiger partial charge on any atom is -0.494 e. The van der Waals surface area contributed by atoms with Crippen LogP contribution >= 0.6 is 15.9 Å². The number of hydrogen-bond acceptors (Lipinski definition) is 3. The fourth-order valence-corrected chi connectivity index (χ4v) is 2.21. The molecule has 0 radical (unpaired) electrons. The van der Waals surface area contributed by atoms with Gasteiger partial charge in [-0.3, -0.25) is 4.79 Å². The summed E-state index contributed by atoms with van der Waals surface area (Å²) in [5, 5.41) is 5.93. The van der Waals surface area contributed by atoms with E-state index in [-0.39, 0.29) is 12.5 Å². The molecule has 2 rings (SSSR count). The highest BCUT2D eigenvalue weighted by Gasteiger charge is 2.04. The Labute approximate surface area is 139 Å². The van der Waals surface area contributed by atoms with E-state index < -0.39 is 0 Å². The average molecular weight is 363 g/mol. The van der Waals surface area contributed by atoms with E-state index >= 15 is 0 Å². The van der Waals surface area contributed by atoms with Crippen LogP contribution in [0.4, 0.5) is 11.4 Å². The Morgan fingerprint density at radius 2 is 1.86 bits per heavy atom. The van der Waals surface area contributed by atoms with Crippen molar-refractivity contribution in [2.45, 2.75) is 13.3 Å². The van der Waals surface area contributed by atoms with Gasteiger partial charge in [0.25, 0.3) is 0 Å². The third-order valence-corrected chi connectivity index (χ3v) is 3.62. The molecule has 0 spiro atoms. The molecule has 2 aromatic carbocycles. The van der Waals surface area contributed by atoms with Gasteiger partial charge in [0.15, 0.2) is 0 Å². The third-order valence-electron chi connectivity index (χ3n) is 2.93. The molecule has 1 amide bonds.